The van der Waals surface area contributed by atoms with Crippen LogP contribution >= 0.6 is 0 Å². The van der Waals surface area contributed by atoms with Crippen molar-refractivity contribution >= 4 is 5.97 Å². The molecule has 0 aliphatic rings. The number of benzene rings is 1. The molecule has 0 saturated heterocycles. The fourth-order valence-electron chi connectivity index (χ4n) is 1.73. The van der Waals surface area contributed by atoms with Crippen molar-refractivity contribution in [1.82, 2.24) is 5.16 Å². The summed E-state index contributed by atoms with van der Waals surface area (Å²) in [4.78, 5) is 11.6. The Morgan fingerprint density at radius 3 is 2.70 bits per heavy atom. The van der Waals surface area contributed by atoms with Crippen LogP contribution in [0, 0.1) is 6.92 Å². The third kappa shape index (κ3) is 3.45. The van der Waals surface area contributed by atoms with Crippen molar-refractivity contribution < 1.29 is 18.8 Å². The van der Waals surface area contributed by atoms with Crippen LogP contribution in [0.2, 0.25) is 0 Å². The molecule has 5 heteroatoms. The van der Waals surface area contributed by atoms with Gasteiger partial charge in [0.05, 0.1) is 13.2 Å². The second kappa shape index (κ2) is 6.86. The minimum Gasteiger partial charge on any atom is -0.461 e. The SMILES string of the molecule is CCOC(=O)c1noc(COCc2ccccc2)c1C. The average molecular weight is 275 g/mol. The van der Waals surface area contributed by atoms with Crippen molar-refractivity contribution in [3.63, 3.8) is 0 Å². The Morgan fingerprint density at radius 2 is 2.00 bits per heavy atom. The molecule has 1 aromatic carbocycles. The average Bonchev–Trinajstić information content (AvgIpc) is 2.82. The van der Waals surface area contributed by atoms with Gasteiger partial charge in [0, 0.05) is 5.56 Å². The van der Waals surface area contributed by atoms with Crippen molar-refractivity contribution in [3.8, 4) is 0 Å². The summed E-state index contributed by atoms with van der Waals surface area (Å²) < 4.78 is 15.6. The van der Waals surface area contributed by atoms with E-state index in [-0.39, 0.29) is 12.3 Å². The highest BCUT2D eigenvalue weighted by molar-refractivity contribution is 5.88. The Hall–Kier alpha value is -2.14. The van der Waals surface area contributed by atoms with Crippen molar-refractivity contribution in [3.05, 3.63) is 52.9 Å². The molecule has 2 rings (SSSR count). The maximum absolute atomic E-state index is 11.6. The normalized spacial score (nSPS) is 10.5. The van der Waals surface area contributed by atoms with Gasteiger partial charge >= 0.3 is 5.97 Å². The molecule has 106 valence electrons. The zero-order valence-electron chi connectivity index (χ0n) is 11.6. The summed E-state index contributed by atoms with van der Waals surface area (Å²) in [6.45, 7) is 4.58. The van der Waals surface area contributed by atoms with Crippen molar-refractivity contribution in [2.45, 2.75) is 27.1 Å². The van der Waals surface area contributed by atoms with E-state index in [1.807, 2.05) is 30.3 Å². The summed E-state index contributed by atoms with van der Waals surface area (Å²) in [5.74, 6) is 0.0760. The smallest absolute Gasteiger partial charge is 0.360 e. The van der Waals surface area contributed by atoms with Crippen molar-refractivity contribution in [2.75, 3.05) is 6.61 Å². The number of ether oxygens (including phenoxy) is 2. The fraction of sp³-hybridized carbons (Fsp3) is 0.333. The Labute approximate surface area is 117 Å². The van der Waals surface area contributed by atoms with E-state index in [2.05, 4.69) is 5.16 Å². The van der Waals surface area contributed by atoms with E-state index >= 15 is 0 Å². The van der Waals surface area contributed by atoms with Gasteiger partial charge < -0.3 is 14.0 Å². The predicted molar refractivity (Wildman–Crippen MR) is 72.1 cm³/mol. The molecule has 0 saturated carbocycles. The molecule has 0 bridgehead atoms. The molecule has 0 spiro atoms. The first-order valence-corrected chi connectivity index (χ1v) is 6.46. The summed E-state index contributed by atoms with van der Waals surface area (Å²) in [5, 5.41) is 3.73. The first-order valence-electron chi connectivity index (χ1n) is 6.46. The van der Waals surface area contributed by atoms with Crippen LogP contribution in [0.5, 0.6) is 0 Å². The van der Waals surface area contributed by atoms with Crippen LogP contribution in [0.25, 0.3) is 0 Å². The number of nitrogens with zero attached hydrogens (tertiary/aromatic N) is 1. The highest BCUT2D eigenvalue weighted by Crippen LogP contribution is 2.15. The molecule has 2 aromatic rings. The van der Waals surface area contributed by atoms with Gasteiger partial charge in [-0.2, -0.15) is 0 Å². The maximum atomic E-state index is 11.6. The van der Waals surface area contributed by atoms with Crippen molar-refractivity contribution in [2.24, 2.45) is 0 Å². The fourth-order valence-corrected chi connectivity index (χ4v) is 1.73. The van der Waals surface area contributed by atoms with Crippen LogP contribution in [0.4, 0.5) is 0 Å². The topological polar surface area (TPSA) is 61.6 Å². The van der Waals surface area contributed by atoms with Crippen LogP contribution in [0.1, 0.15) is 34.3 Å². The van der Waals surface area contributed by atoms with Crippen LogP contribution in [0.15, 0.2) is 34.9 Å². The number of carbonyl (C=O) groups is 1. The number of carbonyl (C=O) groups excluding carboxylic acids is 1. The molecule has 0 fully saturated rings. The molecule has 0 unspecified atom stereocenters. The molecule has 0 N–H and O–H groups in total. The number of hydrogen-bond acceptors (Lipinski definition) is 5. The molecule has 0 aliphatic carbocycles. The van der Waals surface area contributed by atoms with Gasteiger partial charge in [0.2, 0.25) is 0 Å². The maximum Gasteiger partial charge on any atom is 0.360 e. The predicted octanol–water partition coefficient (Wildman–Crippen LogP) is 2.88. The van der Waals surface area contributed by atoms with Gasteiger partial charge in [0.15, 0.2) is 11.5 Å². The van der Waals surface area contributed by atoms with E-state index in [0.29, 0.717) is 24.5 Å². The summed E-state index contributed by atoms with van der Waals surface area (Å²) in [5.41, 5.74) is 1.96. The highest BCUT2D eigenvalue weighted by Gasteiger charge is 2.19. The molecule has 5 nitrogen and oxygen atoms in total. The van der Waals surface area contributed by atoms with Crippen LogP contribution in [0.3, 0.4) is 0 Å². The molecular formula is C15H17NO4. The zero-order chi connectivity index (χ0) is 14.4. The van der Waals surface area contributed by atoms with Gasteiger partial charge in [0.25, 0.3) is 0 Å². The summed E-state index contributed by atoms with van der Waals surface area (Å²) in [6, 6.07) is 9.83. The first-order chi connectivity index (χ1) is 9.72. The number of aromatic nitrogens is 1. The zero-order valence-corrected chi connectivity index (χ0v) is 11.6. The van der Waals surface area contributed by atoms with Crippen LogP contribution < -0.4 is 0 Å². The lowest BCUT2D eigenvalue weighted by molar-refractivity contribution is 0.0513. The van der Waals surface area contributed by atoms with E-state index in [1.54, 1.807) is 13.8 Å². The standard InChI is InChI=1S/C15H17NO4/c1-3-19-15(17)14-11(2)13(20-16-14)10-18-9-12-7-5-4-6-8-12/h4-8H,3,9-10H2,1-2H3. The Bertz CT molecular complexity index is 563. The summed E-state index contributed by atoms with van der Waals surface area (Å²) in [6.07, 6.45) is 0. The van der Waals surface area contributed by atoms with E-state index in [4.69, 9.17) is 14.0 Å². The lowest BCUT2D eigenvalue weighted by atomic mass is 10.2. The van der Waals surface area contributed by atoms with Gasteiger partial charge in [0.1, 0.15) is 6.61 Å². The largest absolute Gasteiger partial charge is 0.461 e. The van der Waals surface area contributed by atoms with E-state index in [0.717, 1.165) is 5.56 Å². The molecule has 0 amide bonds. The van der Waals surface area contributed by atoms with Gasteiger partial charge in [-0.1, -0.05) is 35.5 Å². The molecule has 0 atom stereocenters. The summed E-state index contributed by atoms with van der Waals surface area (Å²) in [7, 11) is 0. The highest BCUT2D eigenvalue weighted by atomic mass is 16.5. The molecule has 0 radical (unpaired) electrons. The Morgan fingerprint density at radius 1 is 1.25 bits per heavy atom. The van der Waals surface area contributed by atoms with Crippen LogP contribution in [-0.2, 0) is 22.7 Å². The summed E-state index contributed by atoms with van der Waals surface area (Å²) >= 11 is 0. The Balaban J connectivity index is 1.92. The second-order valence-electron chi connectivity index (χ2n) is 4.28. The van der Waals surface area contributed by atoms with Gasteiger partial charge in [-0.05, 0) is 19.4 Å². The minimum atomic E-state index is -0.469. The van der Waals surface area contributed by atoms with Gasteiger partial charge in [-0.25, -0.2) is 4.79 Å². The molecule has 1 heterocycles. The second-order valence-corrected chi connectivity index (χ2v) is 4.28. The first kappa shape index (κ1) is 14.3. The number of rotatable bonds is 6. The quantitative estimate of drug-likeness (QED) is 0.758. The monoisotopic (exact) mass is 275 g/mol. The lowest BCUT2D eigenvalue weighted by Gasteiger charge is -2.02. The van der Waals surface area contributed by atoms with E-state index in [1.165, 1.54) is 0 Å². The number of esters is 1. The molecule has 1 aromatic heterocycles. The van der Waals surface area contributed by atoms with Crippen LogP contribution in [-0.4, -0.2) is 17.7 Å². The molecule has 20 heavy (non-hydrogen) atoms. The van der Waals surface area contributed by atoms with Gasteiger partial charge in [-0.15, -0.1) is 0 Å². The van der Waals surface area contributed by atoms with Gasteiger partial charge in [-0.3, -0.25) is 0 Å². The third-order valence-electron chi connectivity index (χ3n) is 2.83. The molecular weight excluding hydrogens is 258 g/mol. The molecule has 0 aliphatic heterocycles. The lowest BCUT2D eigenvalue weighted by Crippen LogP contribution is -2.06. The van der Waals surface area contributed by atoms with E-state index in [9.17, 15) is 4.79 Å². The third-order valence-corrected chi connectivity index (χ3v) is 2.83. The minimum absolute atomic E-state index is 0.213. The van der Waals surface area contributed by atoms with E-state index < -0.39 is 5.97 Å². The Kier molecular flexibility index (Phi) is 4.90. The van der Waals surface area contributed by atoms with Crippen molar-refractivity contribution in [1.29, 1.82) is 0 Å². The number of hydrogen-bond donors (Lipinski definition) is 0.